The first-order chi connectivity index (χ1) is 8.54. The Kier molecular flexibility index (Phi) is 3.66. The fraction of sp³-hybridized carbons (Fsp3) is 0.357. The fourth-order valence-corrected chi connectivity index (χ4v) is 4.42. The predicted molar refractivity (Wildman–Crippen MR) is 74.6 cm³/mol. The molecule has 1 aliphatic rings. The highest BCUT2D eigenvalue weighted by Gasteiger charge is 2.32. The van der Waals surface area contributed by atoms with E-state index in [1.807, 2.05) is 30.5 Å². The SMILES string of the molecule is COc1ccc([C@@H]2CC(=O)C(C(C)=O)=S2C)cc1. The zero-order valence-electron chi connectivity index (χ0n) is 10.7. The summed E-state index contributed by atoms with van der Waals surface area (Å²) in [7, 11) is 1.33. The maximum Gasteiger partial charge on any atom is 0.173 e. The van der Waals surface area contributed by atoms with Crippen molar-refractivity contribution in [2.24, 2.45) is 0 Å². The topological polar surface area (TPSA) is 43.4 Å². The third kappa shape index (κ3) is 2.25. The molecule has 0 saturated carbocycles. The van der Waals surface area contributed by atoms with Crippen LogP contribution in [0.3, 0.4) is 0 Å². The first kappa shape index (κ1) is 13.0. The van der Waals surface area contributed by atoms with Gasteiger partial charge < -0.3 is 4.74 Å². The highest BCUT2D eigenvalue weighted by Crippen LogP contribution is 2.42. The zero-order valence-corrected chi connectivity index (χ0v) is 11.5. The monoisotopic (exact) mass is 264 g/mol. The summed E-state index contributed by atoms with van der Waals surface area (Å²) >= 11 is 0. The van der Waals surface area contributed by atoms with Crippen molar-refractivity contribution in [3.05, 3.63) is 29.8 Å². The molecular formula is C14H16O3S. The van der Waals surface area contributed by atoms with E-state index in [9.17, 15) is 9.59 Å². The zero-order chi connectivity index (χ0) is 13.3. The molecule has 0 amide bonds. The molecule has 1 aromatic carbocycles. The van der Waals surface area contributed by atoms with Crippen molar-refractivity contribution in [2.45, 2.75) is 18.6 Å². The van der Waals surface area contributed by atoms with Gasteiger partial charge in [-0.2, -0.15) is 10.5 Å². The number of rotatable bonds is 3. The van der Waals surface area contributed by atoms with Crippen molar-refractivity contribution in [3.8, 4) is 5.75 Å². The van der Waals surface area contributed by atoms with Crippen LogP contribution < -0.4 is 4.74 Å². The Morgan fingerprint density at radius 2 is 1.94 bits per heavy atom. The third-order valence-corrected chi connectivity index (χ3v) is 5.63. The molecule has 96 valence electrons. The van der Waals surface area contributed by atoms with Crippen LogP contribution in [-0.4, -0.2) is 29.8 Å². The molecule has 0 fully saturated rings. The maximum absolute atomic E-state index is 11.9. The minimum Gasteiger partial charge on any atom is -0.497 e. The van der Waals surface area contributed by atoms with Crippen molar-refractivity contribution < 1.29 is 14.3 Å². The van der Waals surface area contributed by atoms with Crippen LogP contribution >= 0.6 is 10.5 Å². The molecule has 0 bridgehead atoms. The molecule has 1 aromatic rings. The van der Waals surface area contributed by atoms with Crippen molar-refractivity contribution in [1.82, 2.24) is 0 Å². The third-order valence-electron chi connectivity index (χ3n) is 3.18. The van der Waals surface area contributed by atoms with Gasteiger partial charge in [-0.15, -0.1) is 0 Å². The van der Waals surface area contributed by atoms with Crippen LogP contribution in [0.1, 0.15) is 24.2 Å². The second-order valence-electron chi connectivity index (χ2n) is 4.33. The van der Waals surface area contributed by atoms with Gasteiger partial charge in [0.15, 0.2) is 11.6 Å². The summed E-state index contributed by atoms with van der Waals surface area (Å²) in [5.74, 6) is 0.728. The van der Waals surface area contributed by atoms with Gasteiger partial charge in [0, 0.05) is 11.7 Å². The average Bonchev–Trinajstić information content (AvgIpc) is 2.65. The summed E-state index contributed by atoms with van der Waals surface area (Å²) in [6, 6.07) is 7.73. The van der Waals surface area contributed by atoms with Crippen LogP contribution in [0.15, 0.2) is 24.3 Å². The lowest BCUT2D eigenvalue weighted by molar-refractivity contribution is -0.115. The number of carbonyl (C=O) groups excluding carboxylic acids is 2. The van der Waals surface area contributed by atoms with Crippen LogP contribution in [0.5, 0.6) is 5.75 Å². The average molecular weight is 264 g/mol. The van der Waals surface area contributed by atoms with E-state index >= 15 is 0 Å². The van der Waals surface area contributed by atoms with E-state index in [1.165, 1.54) is 6.92 Å². The second kappa shape index (κ2) is 5.06. The molecule has 1 aliphatic heterocycles. The van der Waals surface area contributed by atoms with Crippen molar-refractivity contribution in [2.75, 3.05) is 13.4 Å². The van der Waals surface area contributed by atoms with Gasteiger partial charge in [0.1, 0.15) is 5.75 Å². The van der Waals surface area contributed by atoms with E-state index in [0.717, 1.165) is 11.3 Å². The molecule has 2 rings (SSSR count). The smallest absolute Gasteiger partial charge is 0.173 e. The van der Waals surface area contributed by atoms with Crippen molar-refractivity contribution in [1.29, 1.82) is 0 Å². The molecule has 18 heavy (non-hydrogen) atoms. The van der Waals surface area contributed by atoms with E-state index in [-0.39, 0.29) is 27.3 Å². The number of carbonyl (C=O) groups is 2. The highest BCUT2D eigenvalue weighted by atomic mass is 32.2. The molecule has 1 unspecified atom stereocenters. The van der Waals surface area contributed by atoms with Gasteiger partial charge in [-0.25, -0.2) is 0 Å². The summed E-state index contributed by atoms with van der Waals surface area (Å²) in [5, 5.41) is 0.141. The van der Waals surface area contributed by atoms with Crippen LogP contribution in [0, 0.1) is 0 Å². The maximum atomic E-state index is 11.9. The van der Waals surface area contributed by atoms with Crippen LogP contribution in [0.2, 0.25) is 0 Å². The number of hydrogen-bond donors (Lipinski definition) is 0. The lowest BCUT2D eigenvalue weighted by atomic mass is 10.0. The Balaban J connectivity index is 2.35. The van der Waals surface area contributed by atoms with E-state index in [1.54, 1.807) is 7.11 Å². The normalized spacial score (nSPS) is 23.3. The number of methoxy groups -OCH3 is 1. The van der Waals surface area contributed by atoms with Gasteiger partial charge in [0.2, 0.25) is 0 Å². The lowest BCUT2D eigenvalue weighted by Crippen LogP contribution is -2.16. The summed E-state index contributed by atoms with van der Waals surface area (Å²) in [4.78, 5) is 23.8. The molecule has 0 spiro atoms. The summed E-state index contributed by atoms with van der Waals surface area (Å²) in [6.45, 7) is 1.48. The van der Waals surface area contributed by atoms with Gasteiger partial charge in [-0.3, -0.25) is 9.59 Å². The van der Waals surface area contributed by atoms with Crippen molar-refractivity contribution >= 4 is 26.9 Å². The summed E-state index contributed by atoms with van der Waals surface area (Å²) in [5.41, 5.74) is 1.10. The Hall–Kier alpha value is -1.42. The molecule has 0 aliphatic carbocycles. The molecule has 4 heteroatoms. The first-order valence-electron chi connectivity index (χ1n) is 5.74. The number of benzene rings is 1. The minimum absolute atomic E-state index is 0.00847. The van der Waals surface area contributed by atoms with Gasteiger partial charge in [0.05, 0.1) is 12.0 Å². The molecule has 0 N–H and O–H groups in total. The number of hydrogen-bond acceptors (Lipinski definition) is 3. The predicted octanol–water partition coefficient (Wildman–Crippen LogP) is 2.37. The summed E-state index contributed by atoms with van der Waals surface area (Å²) < 4.78 is 5.12. The van der Waals surface area contributed by atoms with Crippen LogP contribution in [0.25, 0.3) is 0 Å². The standard InChI is InChI=1S/C14H16O3S/c1-9(15)14-12(16)8-13(18(14)3)10-4-6-11(17-2)7-5-10/h4-7,13H,8H2,1-3H3/t13-,18?/m0/s1. The van der Waals surface area contributed by atoms with E-state index in [0.29, 0.717) is 11.3 Å². The molecule has 0 radical (unpaired) electrons. The Morgan fingerprint density at radius 1 is 1.33 bits per heavy atom. The number of ketones is 2. The minimum atomic E-state index is -0.291. The fourth-order valence-electron chi connectivity index (χ4n) is 2.27. The van der Waals surface area contributed by atoms with Gasteiger partial charge >= 0.3 is 0 Å². The first-order valence-corrected chi connectivity index (χ1v) is 7.44. The summed E-state index contributed by atoms with van der Waals surface area (Å²) in [6.07, 6.45) is 2.43. The quantitative estimate of drug-likeness (QED) is 0.787. The molecular weight excluding hydrogens is 248 g/mol. The molecule has 0 saturated heterocycles. The number of Topliss-reactive ketones (excluding diaryl/α,β-unsaturated/α-hetero) is 2. The molecule has 2 atom stereocenters. The van der Waals surface area contributed by atoms with Gasteiger partial charge in [-0.05, 0) is 30.9 Å². The molecule has 0 aromatic heterocycles. The lowest BCUT2D eigenvalue weighted by Gasteiger charge is -2.13. The Morgan fingerprint density at radius 3 is 2.39 bits per heavy atom. The Bertz CT molecular complexity index is 528. The van der Waals surface area contributed by atoms with E-state index in [4.69, 9.17) is 4.74 Å². The van der Waals surface area contributed by atoms with Crippen LogP contribution in [-0.2, 0) is 9.59 Å². The van der Waals surface area contributed by atoms with Gasteiger partial charge in [-0.1, -0.05) is 12.1 Å². The Labute approximate surface area is 109 Å². The van der Waals surface area contributed by atoms with Crippen LogP contribution in [0.4, 0.5) is 0 Å². The highest BCUT2D eigenvalue weighted by molar-refractivity contribution is 8.18. The molecule has 3 nitrogen and oxygen atoms in total. The van der Waals surface area contributed by atoms with E-state index in [2.05, 4.69) is 0 Å². The molecule has 1 heterocycles. The largest absolute Gasteiger partial charge is 0.497 e. The van der Waals surface area contributed by atoms with Crippen molar-refractivity contribution in [3.63, 3.8) is 0 Å². The van der Waals surface area contributed by atoms with Gasteiger partial charge in [0.25, 0.3) is 0 Å². The number of ether oxygens (including phenoxy) is 1. The van der Waals surface area contributed by atoms with E-state index < -0.39 is 0 Å². The second-order valence-corrected chi connectivity index (χ2v) is 6.42.